The molecule has 1 heterocycles. The van der Waals surface area contributed by atoms with E-state index in [0.717, 1.165) is 23.9 Å². The zero-order valence-corrected chi connectivity index (χ0v) is 11.1. The summed E-state index contributed by atoms with van der Waals surface area (Å²) in [7, 11) is 3.63. The summed E-state index contributed by atoms with van der Waals surface area (Å²) in [6, 6.07) is 6.45. The van der Waals surface area contributed by atoms with Crippen LogP contribution in [0.5, 0.6) is 0 Å². The Morgan fingerprint density at radius 1 is 1.22 bits per heavy atom. The lowest BCUT2D eigenvalue weighted by Crippen LogP contribution is -2.31. The molecule has 0 amide bonds. The van der Waals surface area contributed by atoms with E-state index in [1.54, 1.807) is 9.13 Å². The van der Waals surface area contributed by atoms with Gasteiger partial charge in [-0.3, -0.25) is 9.13 Å². The molecule has 1 aromatic carbocycles. The average molecular weight is 245 g/mol. The Labute approximate surface area is 106 Å². The maximum absolute atomic E-state index is 11.9. The lowest BCUT2D eigenvalue weighted by molar-refractivity contribution is 0.557. The number of hydrogen-bond acceptors (Lipinski definition) is 2. The van der Waals surface area contributed by atoms with Crippen molar-refractivity contribution in [2.75, 3.05) is 0 Å². The molecule has 0 aliphatic heterocycles. The molecule has 0 spiro atoms. The van der Waals surface area contributed by atoms with Gasteiger partial charge in [0.1, 0.15) is 0 Å². The molecule has 4 nitrogen and oxygen atoms in total. The Bertz CT molecular complexity index is 674. The summed E-state index contributed by atoms with van der Waals surface area (Å²) in [5.74, 6) is 0. The zero-order chi connectivity index (χ0) is 13.1. The fourth-order valence-corrected chi connectivity index (χ4v) is 2.96. The van der Waals surface area contributed by atoms with E-state index >= 15 is 0 Å². The van der Waals surface area contributed by atoms with Gasteiger partial charge in [0, 0.05) is 25.6 Å². The van der Waals surface area contributed by atoms with Gasteiger partial charge in [-0.25, -0.2) is 4.79 Å². The quantitative estimate of drug-likeness (QED) is 0.866. The Kier molecular flexibility index (Phi) is 2.23. The van der Waals surface area contributed by atoms with Gasteiger partial charge >= 0.3 is 5.69 Å². The number of imidazole rings is 1. The second kappa shape index (κ2) is 3.48. The molecule has 1 saturated carbocycles. The van der Waals surface area contributed by atoms with Gasteiger partial charge in [0.2, 0.25) is 0 Å². The smallest absolute Gasteiger partial charge is 0.327 e. The molecular formula is C14H19N3O. The summed E-state index contributed by atoms with van der Waals surface area (Å²) in [6.07, 6.45) is 2.30. The molecule has 0 radical (unpaired) electrons. The summed E-state index contributed by atoms with van der Waals surface area (Å²) < 4.78 is 3.39. The third-order valence-corrected chi connectivity index (χ3v) is 4.51. The van der Waals surface area contributed by atoms with E-state index < -0.39 is 0 Å². The molecule has 1 aliphatic rings. The van der Waals surface area contributed by atoms with E-state index in [2.05, 4.69) is 19.1 Å². The van der Waals surface area contributed by atoms with Crippen molar-refractivity contribution in [3.05, 3.63) is 34.2 Å². The Morgan fingerprint density at radius 2 is 1.83 bits per heavy atom. The summed E-state index contributed by atoms with van der Waals surface area (Å²) in [5, 5.41) is 0. The topological polar surface area (TPSA) is 52.9 Å². The molecule has 1 aliphatic carbocycles. The first-order valence-electron chi connectivity index (χ1n) is 6.39. The molecular weight excluding hydrogens is 226 g/mol. The third kappa shape index (κ3) is 1.32. The van der Waals surface area contributed by atoms with Crippen molar-refractivity contribution in [2.24, 2.45) is 19.8 Å². The highest BCUT2D eigenvalue weighted by molar-refractivity contribution is 5.77. The fourth-order valence-electron chi connectivity index (χ4n) is 2.96. The number of nitrogens with two attached hydrogens (primary N) is 1. The van der Waals surface area contributed by atoms with Crippen molar-refractivity contribution in [1.82, 2.24) is 9.13 Å². The number of benzene rings is 1. The van der Waals surface area contributed by atoms with Crippen LogP contribution in [0.4, 0.5) is 0 Å². The van der Waals surface area contributed by atoms with Crippen molar-refractivity contribution in [1.29, 1.82) is 0 Å². The molecule has 1 aromatic heterocycles. The van der Waals surface area contributed by atoms with Gasteiger partial charge < -0.3 is 5.73 Å². The summed E-state index contributed by atoms with van der Waals surface area (Å²) >= 11 is 0. The van der Waals surface area contributed by atoms with E-state index in [-0.39, 0.29) is 17.1 Å². The lowest BCUT2D eigenvalue weighted by Gasteiger charge is -2.20. The van der Waals surface area contributed by atoms with Crippen LogP contribution in [0.3, 0.4) is 0 Å². The van der Waals surface area contributed by atoms with Gasteiger partial charge in [0.05, 0.1) is 11.0 Å². The summed E-state index contributed by atoms with van der Waals surface area (Å²) in [5.41, 5.74) is 9.51. The molecule has 2 aromatic rings. The fraction of sp³-hybridized carbons (Fsp3) is 0.500. The van der Waals surface area contributed by atoms with E-state index in [1.807, 2.05) is 20.2 Å². The van der Waals surface area contributed by atoms with Crippen LogP contribution < -0.4 is 11.4 Å². The SMILES string of the molecule is CC(N)C1(c2ccc3c(c2)n(C)c(=O)n3C)CC1. The van der Waals surface area contributed by atoms with Crippen LogP contribution in [0.2, 0.25) is 0 Å². The highest BCUT2D eigenvalue weighted by atomic mass is 16.1. The Morgan fingerprint density at radius 3 is 2.39 bits per heavy atom. The minimum Gasteiger partial charge on any atom is -0.327 e. The van der Waals surface area contributed by atoms with Crippen LogP contribution in [0.25, 0.3) is 11.0 Å². The Hall–Kier alpha value is -1.55. The summed E-state index contributed by atoms with van der Waals surface area (Å²) in [6.45, 7) is 2.07. The molecule has 96 valence electrons. The van der Waals surface area contributed by atoms with Crippen LogP contribution in [-0.2, 0) is 19.5 Å². The Balaban J connectivity index is 2.24. The minimum absolute atomic E-state index is 0.0211. The van der Waals surface area contributed by atoms with Crippen molar-refractivity contribution in [3.8, 4) is 0 Å². The van der Waals surface area contributed by atoms with E-state index in [1.165, 1.54) is 5.56 Å². The number of fused-ring (bicyclic) bond motifs is 1. The number of aryl methyl sites for hydroxylation is 2. The molecule has 18 heavy (non-hydrogen) atoms. The third-order valence-electron chi connectivity index (χ3n) is 4.51. The second-order valence-electron chi connectivity index (χ2n) is 5.55. The van der Waals surface area contributed by atoms with Crippen molar-refractivity contribution in [3.63, 3.8) is 0 Å². The monoisotopic (exact) mass is 245 g/mol. The summed E-state index contributed by atoms with van der Waals surface area (Å²) in [4.78, 5) is 11.9. The highest BCUT2D eigenvalue weighted by Gasteiger charge is 2.47. The molecule has 0 bridgehead atoms. The molecule has 4 heteroatoms. The van der Waals surface area contributed by atoms with Crippen LogP contribution in [0, 0.1) is 0 Å². The maximum Gasteiger partial charge on any atom is 0.328 e. The number of rotatable bonds is 2. The first-order chi connectivity index (χ1) is 8.47. The number of aromatic nitrogens is 2. The van der Waals surface area contributed by atoms with Crippen molar-refractivity contribution < 1.29 is 0 Å². The van der Waals surface area contributed by atoms with Gasteiger partial charge in [-0.1, -0.05) is 6.07 Å². The van der Waals surface area contributed by atoms with Crippen LogP contribution in [0.1, 0.15) is 25.3 Å². The van der Waals surface area contributed by atoms with Gasteiger partial charge in [-0.15, -0.1) is 0 Å². The van der Waals surface area contributed by atoms with Crippen LogP contribution >= 0.6 is 0 Å². The van der Waals surface area contributed by atoms with Crippen LogP contribution in [-0.4, -0.2) is 15.2 Å². The zero-order valence-electron chi connectivity index (χ0n) is 11.1. The molecule has 2 N–H and O–H groups in total. The first kappa shape index (κ1) is 11.5. The van der Waals surface area contributed by atoms with Crippen molar-refractivity contribution in [2.45, 2.75) is 31.2 Å². The molecule has 1 unspecified atom stereocenters. The molecule has 3 rings (SSSR count). The second-order valence-corrected chi connectivity index (χ2v) is 5.55. The van der Waals surface area contributed by atoms with E-state index in [9.17, 15) is 4.79 Å². The van der Waals surface area contributed by atoms with Crippen molar-refractivity contribution >= 4 is 11.0 Å². The predicted molar refractivity (Wildman–Crippen MR) is 72.7 cm³/mol. The van der Waals surface area contributed by atoms with Crippen LogP contribution in [0.15, 0.2) is 23.0 Å². The van der Waals surface area contributed by atoms with Gasteiger partial charge in [0.15, 0.2) is 0 Å². The van der Waals surface area contributed by atoms with Gasteiger partial charge in [-0.05, 0) is 37.5 Å². The average Bonchev–Trinajstić information content (AvgIpc) is 3.13. The molecule has 1 fully saturated rings. The predicted octanol–water partition coefficient (Wildman–Crippen LogP) is 1.26. The highest BCUT2D eigenvalue weighted by Crippen LogP contribution is 2.50. The van der Waals surface area contributed by atoms with E-state index in [0.29, 0.717) is 0 Å². The lowest BCUT2D eigenvalue weighted by atomic mass is 9.89. The number of hydrogen-bond donors (Lipinski definition) is 1. The molecule has 1 atom stereocenters. The normalized spacial score (nSPS) is 19.1. The van der Waals surface area contributed by atoms with Gasteiger partial charge in [-0.2, -0.15) is 0 Å². The largest absolute Gasteiger partial charge is 0.328 e. The molecule has 0 saturated heterocycles. The van der Waals surface area contributed by atoms with Gasteiger partial charge in [0.25, 0.3) is 0 Å². The number of nitrogens with zero attached hydrogens (tertiary/aromatic N) is 2. The standard InChI is InChI=1S/C14H19N3O/c1-9(15)14(6-7-14)10-4-5-11-12(8-10)17(3)13(18)16(11)2/h4-5,8-9H,6-7,15H2,1-3H3. The minimum atomic E-state index is 0.0211. The first-order valence-corrected chi connectivity index (χ1v) is 6.39. The van der Waals surface area contributed by atoms with E-state index in [4.69, 9.17) is 5.73 Å². The maximum atomic E-state index is 11.9.